The lowest BCUT2D eigenvalue weighted by Gasteiger charge is -2.23. The van der Waals surface area contributed by atoms with E-state index >= 15 is 0 Å². The van der Waals surface area contributed by atoms with Crippen LogP contribution in [0.25, 0.3) is 10.9 Å². The van der Waals surface area contributed by atoms with E-state index in [2.05, 4.69) is 30.9 Å². The van der Waals surface area contributed by atoms with Gasteiger partial charge >= 0.3 is 0 Å². The standard InChI is InChI=1S/C18H26N2O/c1-4-6-12-20(13-7-5-2)18-11-8-15-14-16(21-3)9-10-17(15)19-18/h8-11,14H,4-7,12-13H2,1-3H3. The van der Waals surface area contributed by atoms with E-state index in [4.69, 9.17) is 9.72 Å². The summed E-state index contributed by atoms with van der Waals surface area (Å²) < 4.78 is 5.27. The Kier molecular flexibility index (Phi) is 5.85. The van der Waals surface area contributed by atoms with Crippen LogP contribution in [-0.4, -0.2) is 25.2 Å². The second kappa shape index (κ2) is 7.87. The number of methoxy groups -OCH3 is 1. The zero-order valence-electron chi connectivity index (χ0n) is 13.4. The van der Waals surface area contributed by atoms with Gasteiger partial charge in [0.15, 0.2) is 0 Å². The lowest BCUT2D eigenvalue weighted by Crippen LogP contribution is -2.26. The molecule has 0 aliphatic carbocycles. The average molecular weight is 286 g/mol. The summed E-state index contributed by atoms with van der Waals surface area (Å²) in [5.74, 6) is 1.97. The quantitative estimate of drug-likeness (QED) is 0.706. The first-order valence-electron chi connectivity index (χ1n) is 7.98. The van der Waals surface area contributed by atoms with Crippen LogP contribution in [0.5, 0.6) is 5.75 Å². The van der Waals surface area contributed by atoms with Gasteiger partial charge in [-0.1, -0.05) is 26.7 Å². The Morgan fingerprint density at radius 1 is 1.00 bits per heavy atom. The van der Waals surface area contributed by atoms with Crippen LogP contribution < -0.4 is 9.64 Å². The Balaban J connectivity index is 2.25. The molecule has 2 aromatic rings. The zero-order valence-corrected chi connectivity index (χ0v) is 13.4. The summed E-state index contributed by atoms with van der Waals surface area (Å²) in [6.45, 7) is 6.65. The molecule has 0 N–H and O–H groups in total. The van der Waals surface area contributed by atoms with Gasteiger partial charge in [-0.2, -0.15) is 0 Å². The Hall–Kier alpha value is -1.77. The molecule has 2 rings (SSSR count). The van der Waals surface area contributed by atoms with Crippen LogP contribution in [0.4, 0.5) is 5.82 Å². The molecule has 0 fully saturated rings. The summed E-state index contributed by atoms with van der Waals surface area (Å²) in [7, 11) is 1.69. The summed E-state index contributed by atoms with van der Waals surface area (Å²) >= 11 is 0. The lowest BCUT2D eigenvalue weighted by atomic mass is 10.2. The number of anilines is 1. The van der Waals surface area contributed by atoms with Crippen LogP contribution in [0.1, 0.15) is 39.5 Å². The van der Waals surface area contributed by atoms with Crippen molar-refractivity contribution in [3.63, 3.8) is 0 Å². The molecule has 0 saturated heterocycles. The van der Waals surface area contributed by atoms with Crippen molar-refractivity contribution in [3.05, 3.63) is 30.3 Å². The number of ether oxygens (including phenoxy) is 1. The summed E-state index contributed by atoms with van der Waals surface area (Å²) in [6.07, 6.45) is 4.86. The Morgan fingerprint density at radius 2 is 1.71 bits per heavy atom. The van der Waals surface area contributed by atoms with E-state index in [-0.39, 0.29) is 0 Å². The predicted octanol–water partition coefficient (Wildman–Crippen LogP) is 4.65. The van der Waals surface area contributed by atoms with Crippen LogP contribution in [0.3, 0.4) is 0 Å². The second-order valence-electron chi connectivity index (χ2n) is 5.42. The van der Waals surface area contributed by atoms with E-state index in [0.29, 0.717) is 0 Å². The number of unbranched alkanes of at least 4 members (excludes halogenated alkanes) is 2. The summed E-state index contributed by atoms with van der Waals surface area (Å²) in [5.41, 5.74) is 1.03. The van der Waals surface area contributed by atoms with Crippen molar-refractivity contribution in [1.29, 1.82) is 0 Å². The van der Waals surface area contributed by atoms with Crippen molar-refractivity contribution in [2.75, 3.05) is 25.1 Å². The molecule has 0 saturated carbocycles. The molecule has 114 valence electrons. The maximum Gasteiger partial charge on any atom is 0.129 e. The topological polar surface area (TPSA) is 25.4 Å². The van der Waals surface area contributed by atoms with Gasteiger partial charge in [0.25, 0.3) is 0 Å². The first-order valence-corrected chi connectivity index (χ1v) is 7.98. The smallest absolute Gasteiger partial charge is 0.129 e. The zero-order chi connectivity index (χ0) is 15.1. The molecule has 0 atom stereocenters. The molecule has 1 aromatic carbocycles. The third-order valence-electron chi connectivity index (χ3n) is 3.77. The summed E-state index contributed by atoms with van der Waals surface area (Å²) in [6, 6.07) is 10.3. The van der Waals surface area contributed by atoms with Crippen molar-refractivity contribution in [1.82, 2.24) is 4.98 Å². The van der Waals surface area contributed by atoms with Gasteiger partial charge in [0.1, 0.15) is 11.6 Å². The molecule has 1 heterocycles. The highest BCUT2D eigenvalue weighted by Gasteiger charge is 2.08. The van der Waals surface area contributed by atoms with Crippen LogP contribution in [-0.2, 0) is 0 Å². The fourth-order valence-corrected chi connectivity index (χ4v) is 2.43. The molecule has 1 aromatic heterocycles. The fourth-order valence-electron chi connectivity index (χ4n) is 2.43. The van der Waals surface area contributed by atoms with E-state index in [1.54, 1.807) is 7.11 Å². The van der Waals surface area contributed by atoms with E-state index in [1.807, 2.05) is 18.2 Å². The molecule has 0 amide bonds. The normalized spacial score (nSPS) is 10.8. The van der Waals surface area contributed by atoms with Crippen LogP contribution in [0.2, 0.25) is 0 Å². The minimum absolute atomic E-state index is 0.880. The first-order chi connectivity index (χ1) is 10.3. The highest BCUT2D eigenvalue weighted by Crippen LogP contribution is 2.23. The fraction of sp³-hybridized carbons (Fsp3) is 0.500. The second-order valence-corrected chi connectivity index (χ2v) is 5.42. The maximum absolute atomic E-state index is 5.27. The average Bonchev–Trinajstić information content (AvgIpc) is 2.54. The first kappa shape index (κ1) is 15.6. The highest BCUT2D eigenvalue weighted by molar-refractivity contribution is 5.81. The van der Waals surface area contributed by atoms with Crippen molar-refractivity contribution in [2.24, 2.45) is 0 Å². The Morgan fingerprint density at radius 3 is 2.33 bits per heavy atom. The molecule has 21 heavy (non-hydrogen) atoms. The van der Waals surface area contributed by atoms with Gasteiger partial charge in [0.05, 0.1) is 12.6 Å². The minimum Gasteiger partial charge on any atom is -0.497 e. The lowest BCUT2D eigenvalue weighted by molar-refractivity contribution is 0.415. The molecule has 0 aliphatic heterocycles. The molecule has 3 heteroatoms. The molecule has 3 nitrogen and oxygen atoms in total. The molecular formula is C18H26N2O. The highest BCUT2D eigenvalue weighted by atomic mass is 16.5. The maximum atomic E-state index is 5.27. The van der Waals surface area contributed by atoms with E-state index < -0.39 is 0 Å². The van der Waals surface area contributed by atoms with Gasteiger partial charge in [-0.15, -0.1) is 0 Å². The molecule has 0 aliphatic rings. The van der Waals surface area contributed by atoms with Crippen molar-refractivity contribution < 1.29 is 4.74 Å². The SMILES string of the molecule is CCCCN(CCCC)c1ccc2cc(OC)ccc2n1. The monoisotopic (exact) mass is 286 g/mol. The Labute approximate surface area is 127 Å². The third kappa shape index (κ3) is 4.10. The molecule has 0 radical (unpaired) electrons. The van der Waals surface area contributed by atoms with Crippen molar-refractivity contribution in [2.45, 2.75) is 39.5 Å². The number of fused-ring (bicyclic) bond motifs is 1. The number of pyridine rings is 1. The van der Waals surface area contributed by atoms with Crippen LogP contribution in [0.15, 0.2) is 30.3 Å². The van der Waals surface area contributed by atoms with Gasteiger partial charge in [-0.3, -0.25) is 0 Å². The molecule has 0 unspecified atom stereocenters. The van der Waals surface area contributed by atoms with Gasteiger partial charge < -0.3 is 9.64 Å². The number of hydrogen-bond acceptors (Lipinski definition) is 3. The Bertz CT molecular complexity index is 560. The number of aromatic nitrogens is 1. The van der Waals surface area contributed by atoms with Gasteiger partial charge in [-0.05, 0) is 43.2 Å². The minimum atomic E-state index is 0.880. The molecule has 0 bridgehead atoms. The summed E-state index contributed by atoms with van der Waals surface area (Å²) in [5, 5.41) is 1.13. The number of benzene rings is 1. The van der Waals surface area contributed by atoms with Crippen LogP contribution in [0, 0.1) is 0 Å². The van der Waals surface area contributed by atoms with Crippen molar-refractivity contribution in [3.8, 4) is 5.75 Å². The van der Waals surface area contributed by atoms with Gasteiger partial charge in [0.2, 0.25) is 0 Å². The van der Waals surface area contributed by atoms with E-state index in [9.17, 15) is 0 Å². The van der Waals surface area contributed by atoms with Crippen LogP contribution >= 0.6 is 0 Å². The third-order valence-corrected chi connectivity index (χ3v) is 3.77. The van der Waals surface area contributed by atoms with Gasteiger partial charge in [-0.25, -0.2) is 4.98 Å². The largest absolute Gasteiger partial charge is 0.497 e. The van der Waals surface area contributed by atoms with E-state index in [0.717, 1.165) is 35.6 Å². The molecule has 0 spiro atoms. The van der Waals surface area contributed by atoms with E-state index in [1.165, 1.54) is 25.7 Å². The van der Waals surface area contributed by atoms with Crippen molar-refractivity contribution >= 4 is 16.7 Å². The van der Waals surface area contributed by atoms with Gasteiger partial charge in [0, 0.05) is 18.5 Å². The number of hydrogen-bond donors (Lipinski definition) is 0. The number of nitrogens with zero attached hydrogens (tertiary/aromatic N) is 2. The molecular weight excluding hydrogens is 260 g/mol. The predicted molar refractivity (Wildman–Crippen MR) is 90.3 cm³/mol. The number of rotatable bonds is 8. The summed E-state index contributed by atoms with van der Waals surface area (Å²) in [4.78, 5) is 7.24.